The van der Waals surface area contributed by atoms with Gasteiger partial charge in [-0.15, -0.1) is 0 Å². The van der Waals surface area contributed by atoms with Crippen molar-refractivity contribution in [3.05, 3.63) is 41.5 Å². The van der Waals surface area contributed by atoms with Crippen molar-refractivity contribution < 1.29 is 14.7 Å². The maximum atomic E-state index is 12.0. The minimum Gasteiger partial charge on any atom is -0.478 e. The van der Waals surface area contributed by atoms with E-state index in [9.17, 15) is 9.59 Å². The lowest BCUT2D eigenvalue weighted by Crippen LogP contribution is -2.18. The number of anilines is 1. The third kappa shape index (κ3) is 2.59. The van der Waals surface area contributed by atoms with Crippen LogP contribution in [0.1, 0.15) is 26.5 Å². The molecule has 0 saturated heterocycles. The van der Waals surface area contributed by atoms with E-state index < -0.39 is 11.9 Å². The van der Waals surface area contributed by atoms with E-state index in [1.54, 1.807) is 24.9 Å². The molecule has 2 N–H and O–H groups in total. The molecule has 2 aromatic rings. The van der Waals surface area contributed by atoms with Crippen LogP contribution in [0.15, 0.2) is 24.5 Å². The highest BCUT2D eigenvalue weighted by Crippen LogP contribution is 2.14. The number of amides is 1. The van der Waals surface area contributed by atoms with Gasteiger partial charge in [0.25, 0.3) is 5.91 Å². The Hall–Kier alpha value is -2.70. The second kappa shape index (κ2) is 4.89. The Morgan fingerprint density at radius 2 is 2.16 bits per heavy atom. The van der Waals surface area contributed by atoms with E-state index in [2.05, 4.69) is 15.4 Å². The molecule has 2 heterocycles. The predicted octanol–water partition coefficient (Wildman–Crippen LogP) is 1.07. The highest BCUT2D eigenvalue weighted by Gasteiger charge is 2.18. The molecule has 0 aromatic carbocycles. The van der Waals surface area contributed by atoms with E-state index >= 15 is 0 Å². The first-order chi connectivity index (χ1) is 8.99. The van der Waals surface area contributed by atoms with Crippen molar-refractivity contribution in [2.24, 2.45) is 7.05 Å². The van der Waals surface area contributed by atoms with Gasteiger partial charge in [-0.25, -0.2) is 4.79 Å². The molecule has 0 aliphatic carbocycles. The van der Waals surface area contributed by atoms with Crippen molar-refractivity contribution in [1.29, 1.82) is 0 Å². The molecular formula is C12H12N4O3. The first kappa shape index (κ1) is 12.7. The minimum absolute atomic E-state index is 0.127. The molecule has 0 atom stereocenters. The first-order valence-corrected chi connectivity index (χ1v) is 5.49. The van der Waals surface area contributed by atoms with Crippen LogP contribution in [-0.2, 0) is 7.05 Å². The molecule has 2 rings (SSSR count). The molecule has 2 aromatic heterocycles. The highest BCUT2D eigenvalue weighted by atomic mass is 16.4. The van der Waals surface area contributed by atoms with Gasteiger partial charge in [0.2, 0.25) is 0 Å². The lowest BCUT2D eigenvalue weighted by atomic mass is 10.2. The largest absolute Gasteiger partial charge is 0.478 e. The van der Waals surface area contributed by atoms with Gasteiger partial charge in [-0.05, 0) is 19.1 Å². The fourth-order valence-corrected chi connectivity index (χ4v) is 1.66. The van der Waals surface area contributed by atoms with E-state index in [-0.39, 0.29) is 11.3 Å². The predicted molar refractivity (Wildman–Crippen MR) is 67.1 cm³/mol. The van der Waals surface area contributed by atoms with Gasteiger partial charge >= 0.3 is 5.97 Å². The molecule has 0 aliphatic heterocycles. The van der Waals surface area contributed by atoms with Crippen LogP contribution in [0, 0.1) is 6.92 Å². The minimum atomic E-state index is -1.19. The first-order valence-electron chi connectivity index (χ1n) is 5.49. The summed E-state index contributed by atoms with van der Waals surface area (Å²) in [5, 5.41) is 15.7. The topological polar surface area (TPSA) is 97.1 Å². The number of nitrogens with zero attached hydrogens (tertiary/aromatic N) is 3. The number of hydrogen-bond acceptors (Lipinski definition) is 4. The zero-order valence-corrected chi connectivity index (χ0v) is 10.4. The van der Waals surface area contributed by atoms with Crippen LogP contribution in [0.2, 0.25) is 0 Å². The summed E-state index contributed by atoms with van der Waals surface area (Å²) < 4.78 is 1.56. The van der Waals surface area contributed by atoms with Crippen molar-refractivity contribution in [3.63, 3.8) is 0 Å². The molecular weight excluding hydrogens is 248 g/mol. The maximum absolute atomic E-state index is 12.0. The number of rotatable bonds is 3. The standard InChI is InChI=1S/C12H12N4O3/c1-7-9(6-16(2)15-7)14-11(17)10-8(12(18)19)4-3-5-13-10/h3-6H,1-2H3,(H,14,17)(H,18,19). The summed E-state index contributed by atoms with van der Waals surface area (Å²) in [5.74, 6) is -1.77. The summed E-state index contributed by atoms with van der Waals surface area (Å²) in [5.41, 5.74) is 0.901. The molecule has 1 amide bonds. The molecule has 0 spiro atoms. The summed E-state index contributed by atoms with van der Waals surface area (Å²) in [6.07, 6.45) is 3.01. The van der Waals surface area contributed by atoms with Crippen LogP contribution in [0.5, 0.6) is 0 Å². The van der Waals surface area contributed by atoms with Crippen molar-refractivity contribution in [1.82, 2.24) is 14.8 Å². The van der Waals surface area contributed by atoms with Gasteiger partial charge in [0, 0.05) is 19.4 Å². The molecule has 0 unspecified atom stereocenters. The quantitative estimate of drug-likeness (QED) is 0.860. The number of carboxylic acid groups (broad SMARTS) is 1. The number of aromatic nitrogens is 3. The second-order valence-corrected chi connectivity index (χ2v) is 3.96. The molecule has 0 bridgehead atoms. The van der Waals surface area contributed by atoms with E-state index in [1.165, 1.54) is 18.3 Å². The number of hydrogen-bond donors (Lipinski definition) is 2. The Kier molecular flexibility index (Phi) is 3.28. The molecule has 7 heteroatoms. The number of carbonyl (C=O) groups is 2. The Morgan fingerprint density at radius 1 is 1.42 bits per heavy atom. The maximum Gasteiger partial charge on any atom is 0.338 e. The van der Waals surface area contributed by atoms with Crippen LogP contribution in [0.4, 0.5) is 5.69 Å². The van der Waals surface area contributed by atoms with Crippen LogP contribution in [0.25, 0.3) is 0 Å². The number of aromatic carboxylic acids is 1. The van der Waals surface area contributed by atoms with Crippen molar-refractivity contribution in [2.75, 3.05) is 5.32 Å². The zero-order valence-electron chi connectivity index (χ0n) is 10.4. The summed E-state index contributed by atoms with van der Waals surface area (Å²) >= 11 is 0. The lowest BCUT2D eigenvalue weighted by Gasteiger charge is -2.05. The Labute approximate surface area is 108 Å². The fraction of sp³-hybridized carbons (Fsp3) is 0.167. The summed E-state index contributed by atoms with van der Waals surface area (Å²) in [7, 11) is 1.73. The smallest absolute Gasteiger partial charge is 0.338 e. The summed E-state index contributed by atoms with van der Waals surface area (Å²) in [4.78, 5) is 26.9. The molecule has 0 aliphatic rings. The lowest BCUT2D eigenvalue weighted by molar-refractivity contribution is 0.0691. The van der Waals surface area contributed by atoms with Crippen molar-refractivity contribution >= 4 is 17.6 Å². The average Bonchev–Trinajstić information content (AvgIpc) is 2.67. The van der Waals surface area contributed by atoms with Gasteiger partial charge in [-0.1, -0.05) is 0 Å². The Bertz CT molecular complexity index is 648. The number of aryl methyl sites for hydroxylation is 2. The third-order valence-electron chi connectivity index (χ3n) is 2.51. The molecule has 19 heavy (non-hydrogen) atoms. The number of nitrogens with one attached hydrogen (secondary N) is 1. The molecule has 0 fully saturated rings. The van der Waals surface area contributed by atoms with E-state index in [1.807, 2.05) is 0 Å². The van der Waals surface area contributed by atoms with Gasteiger partial charge in [-0.2, -0.15) is 5.10 Å². The highest BCUT2D eigenvalue weighted by molar-refractivity contribution is 6.09. The van der Waals surface area contributed by atoms with E-state index in [4.69, 9.17) is 5.11 Å². The van der Waals surface area contributed by atoms with Crippen LogP contribution < -0.4 is 5.32 Å². The zero-order chi connectivity index (χ0) is 14.0. The number of pyridine rings is 1. The summed E-state index contributed by atoms with van der Waals surface area (Å²) in [6.45, 7) is 1.74. The van der Waals surface area contributed by atoms with Crippen molar-refractivity contribution in [3.8, 4) is 0 Å². The van der Waals surface area contributed by atoms with Crippen LogP contribution >= 0.6 is 0 Å². The third-order valence-corrected chi connectivity index (χ3v) is 2.51. The van der Waals surface area contributed by atoms with Gasteiger partial charge in [-0.3, -0.25) is 14.5 Å². The normalized spacial score (nSPS) is 10.2. The monoisotopic (exact) mass is 260 g/mol. The molecule has 98 valence electrons. The van der Waals surface area contributed by atoms with Gasteiger partial charge in [0.1, 0.15) is 5.69 Å². The molecule has 0 saturated carbocycles. The fourth-order valence-electron chi connectivity index (χ4n) is 1.66. The van der Waals surface area contributed by atoms with Gasteiger partial charge < -0.3 is 10.4 Å². The van der Waals surface area contributed by atoms with Crippen molar-refractivity contribution in [2.45, 2.75) is 6.92 Å². The van der Waals surface area contributed by atoms with E-state index in [0.717, 1.165) is 0 Å². The SMILES string of the molecule is Cc1nn(C)cc1NC(=O)c1ncccc1C(=O)O. The average molecular weight is 260 g/mol. The van der Waals surface area contributed by atoms with Gasteiger partial charge in [0.15, 0.2) is 0 Å². The van der Waals surface area contributed by atoms with Crippen LogP contribution in [-0.4, -0.2) is 31.7 Å². The Balaban J connectivity index is 2.30. The van der Waals surface area contributed by atoms with E-state index in [0.29, 0.717) is 11.4 Å². The van der Waals surface area contributed by atoms with Crippen LogP contribution in [0.3, 0.4) is 0 Å². The van der Waals surface area contributed by atoms with Gasteiger partial charge in [0.05, 0.1) is 16.9 Å². The second-order valence-electron chi connectivity index (χ2n) is 3.96. The number of carbonyl (C=O) groups excluding carboxylic acids is 1. The Morgan fingerprint density at radius 3 is 2.74 bits per heavy atom. The molecule has 0 radical (unpaired) electrons. The summed E-state index contributed by atoms with van der Waals surface area (Å²) in [6, 6.07) is 2.80. The number of carboxylic acids is 1. The molecule has 7 nitrogen and oxygen atoms in total.